The molecule has 7 heteroatoms. The molecule has 0 bridgehead atoms. The normalized spacial score (nSPS) is 10.7. The Kier molecular flexibility index (Phi) is 6.61. The Bertz CT molecular complexity index is 1130. The average Bonchev–Trinajstić information content (AvgIpc) is 3.25. The molecule has 4 rings (SSSR count). The number of para-hydroxylation sites is 1. The molecule has 0 atom stereocenters. The molecule has 2 aromatic heterocycles. The van der Waals surface area contributed by atoms with Gasteiger partial charge in [-0.3, -0.25) is 4.79 Å². The largest absolute Gasteiger partial charge is 0.352 e. The summed E-state index contributed by atoms with van der Waals surface area (Å²) in [4.78, 5) is 18.0. The van der Waals surface area contributed by atoms with Crippen molar-refractivity contribution in [2.24, 2.45) is 0 Å². The highest BCUT2D eigenvalue weighted by atomic mass is 79.9. The van der Waals surface area contributed by atoms with E-state index in [1.165, 1.54) is 11.8 Å². The van der Waals surface area contributed by atoms with Crippen molar-refractivity contribution >= 4 is 33.6 Å². The van der Waals surface area contributed by atoms with Crippen LogP contribution in [0.3, 0.4) is 0 Å². The second-order valence-corrected chi connectivity index (χ2v) is 8.48. The summed E-state index contributed by atoms with van der Waals surface area (Å²) in [6, 6.07) is 23.4. The Hall–Kier alpha value is -2.90. The summed E-state index contributed by atoms with van der Waals surface area (Å²) in [5.74, 6) is -0.0993. The van der Waals surface area contributed by atoms with E-state index in [0.29, 0.717) is 18.5 Å². The zero-order chi connectivity index (χ0) is 20.8. The van der Waals surface area contributed by atoms with Gasteiger partial charge < -0.3 is 5.32 Å². The first-order valence-corrected chi connectivity index (χ1v) is 11.1. The number of rotatable bonds is 7. The first-order chi connectivity index (χ1) is 14.7. The van der Waals surface area contributed by atoms with Crippen molar-refractivity contribution in [1.29, 1.82) is 0 Å². The predicted molar refractivity (Wildman–Crippen MR) is 122 cm³/mol. The van der Waals surface area contributed by atoms with E-state index < -0.39 is 0 Å². The van der Waals surface area contributed by atoms with E-state index in [2.05, 4.69) is 31.3 Å². The first-order valence-electron chi connectivity index (χ1n) is 9.46. The van der Waals surface area contributed by atoms with Gasteiger partial charge in [0.1, 0.15) is 5.03 Å². The topological polar surface area (TPSA) is 59.8 Å². The minimum atomic E-state index is -0.0993. The second-order valence-electron chi connectivity index (χ2n) is 6.51. The number of aromatic nitrogens is 3. The lowest BCUT2D eigenvalue weighted by Crippen LogP contribution is -2.26. The van der Waals surface area contributed by atoms with E-state index in [9.17, 15) is 4.79 Å². The number of carbonyl (C=O) groups is 1. The number of nitrogens with zero attached hydrogens (tertiary/aromatic N) is 3. The van der Waals surface area contributed by atoms with E-state index >= 15 is 0 Å². The summed E-state index contributed by atoms with van der Waals surface area (Å²) in [6.07, 6.45) is 4.35. The first kappa shape index (κ1) is 20.4. The summed E-state index contributed by atoms with van der Waals surface area (Å²) in [7, 11) is 0. The van der Waals surface area contributed by atoms with Crippen LogP contribution in [0.25, 0.3) is 5.69 Å². The van der Waals surface area contributed by atoms with Crippen LogP contribution in [0.15, 0.2) is 99.6 Å². The van der Waals surface area contributed by atoms with E-state index in [1.807, 2.05) is 83.7 Å². The van der Waals surface area contributed by atoms with Gasteiger partial charge in [-0.15, -0.1) is 0 Å². The standard InChI is InChI=1S/C23H19BrN4OS/c24-17-10-11-22(26-16-17)30-21-9-5-4-8-20(21)23(29)25-14-12-18-13-15-28(27-18)19-6-2-1-3-7-19/h1-11,13,15-16H,12,14H2,(H,25,29). The lowest BCUT2D eigenvalue weighted by atomic mass is 10.2. The summed E-state index contributed by atoms with van der Waals surface area (Å²) in [6.45, 7) is 0.514. The number of nitrogens with one attached hydrogen (secondary N) is 1. The average molecular weight is 479 g/mol. The maximum absolute atomic E-state index is 12.7. The van der Waals surface area contributed by atoms with Crippen molar-refractivity contribution < 1.29 is 4.79 Å². The van der Waals surface area contributed by atoms with Crippen LogP contribution < -0.4 is 5.32 Å². The molecule has 5 nitrogen and oxygen atoms in total. The zero-order valence-corrected chi connectivity index (χ0v) is 18.4. The fourth-order valence-corrected chi connectivity index (χ4v) is 4.02. The van der Waals surface area contributed by atoms with Crippen LogP contribution in [-0.4, -0.2) is 27.2 Å². The van der Waals surface area contributed by atoms with Crippen LogP contribution in [0.2, 0.25) is 0 Å². The third-order valence-electron chi connectivity index (χ3n) is 4.38. The molecule has 0 aliphatic carbocycles. The number of amides is 1. The van der Waals surface area contributed by atoms with Crippen molar-refractivity contribution in [3.05, 3.63) is 101 Å². The fraction of sp³-hybridized carbons (Fsp3) is 0.0870. The molecule has 2 aromatic carbocycles. The van der Waals surface area contributed by atoms with Crippen molar-refractivity contribution in [1.82, 2.24) is 20.1 Å². The predicted octanol–water partition coefficient (Wildman–Crippen LogP) is 5.15. The summed E-state index contributed by atoms with van der Waals surface area (Å²) < 4.78 is 2.77. The number of benzene rings is 2. The van der Waals surface area contributed by atoms with Gasteiger partial charge in [0.05, 0.1) is 16.9 Å². The lowest BCUT2D eigenvalue weighted by molar-refractivity contribution is 0.0951. The maximum Gasteiger partial charge on any atom is 0.252 e. The fourth-order valence-electron chi connectivity index (χ4n) is 2.90. The van der Waals surface area contributed by atoms with Gasteiger partial charge in [0.25, 0.3) is 5.91 Å². The van der Waals surface area contributed by atoms with Crippen LogP contribution in [-0.2, 0) is 6.42 Å². The van der Waals surface area contributed by atoms with Gasteiger partial charge in [-0.1, -0.05) is 42.1 Å². The molecule has 1 amide bonds. The Labute approximate surface area is 187 Å². The number of carbonyl (C=O) groups excluding carboxylic acids is 1. The van der Waals surface area contributed by atoms with Crippen LogP contribution in [0, 0.1) is 0 Å². The Morgan fingerprint density at radius 2 is 1.80 bits per heavy atom. The molecule has 0 radical (unpaired) electrons. The molecule has 30 heavy (non-hydrogen) atoms. The van der Waals surface area contributed by atoms with Gasteiger partial charge in [0.2, 0.25) is 0 Å². The number of hydrogen-bond acceptors (Lipinski definition) is 4. The molecule has 0 saturated heterocycles. The molecule has 0 unspecified atom stereocenters. The molecule has 0 fully saturated rings. The number of halogens is 1. The minimum Gasteiger partial charge on any atom is -0.352 e. The van der Waals surface area contributed by atoms with Gasteiger partial charge in [-0.2, -0.15) is 5.10 Å². The molecular formula is C23H19BrN4OS. The molecule has 150 valence electrons. The quantitative estimate of drug-likeness (QED) is 0.398. The zero-order valence-electron chi connectivity index (χ0n) is 16.0. The molecular weight excluding hydrogens is 460 g/mol. The smallest absolute Gasteiger partial charge is 0.252 e. The molecule has 1 N–H and O–H groups in total. The number of pyridine rings is 1. The molecule has 0 aliphatic rings. The molecule has 0 aliphatic heterocycles. The Morgan fingerprint density at radius 3 is 2.60 bits per heavy atom. The summed E-state index contributed by atoms with van der Waals surface area (Å²) in [5, 5.41) is 8.42. The highest BCUT2D eigenvalue weighted by Gasteiger charge is 2.12. The second kappa shape index (κ2) is 9.73. The minimum absolute atomic E-state index is 0.0993. The summed E-state index contributed by atoms with van der Waals surface area (Å²) in [5.41, 5.74) is 2.59. The van der Waals surface area contributed by atoms with E-state index in [4.69, 9.17) is 0 Å². The third-order valence-corrected chi connectivity index (χ3v) is 5.87. The van der Waals surface area contributed by atoms with Crippen LogP contribution in [0.4, 0.5) is 0 Å². The van der Waals surface area contributed by atoms with Gasteiger partial charge in [-0.05, 0) is 58.4 Å². The van der Waals surface area contributed by atoms with E-state index in [-0.39, 0.29) is 5.91 Å². The van der Waals surface area contributed by atoms with Gasteiger partial charge >= 0.3 is 0 Å². The van der Waals surface area contributed by atoms with Crippen molar-refractivity contribution in [2.75, 3.05) is 6.54 Å². The van der Waals surface area contributed by atoms with Crippen LogP contribution >= 0.6 is 27.7 Å². The third kappa shape index (κ3) is 5.17. The highest BCUT2D eigenvalue weighted by Crippen LogP contribution is 2.29. The molecule has 4 aromatic rings. The molecule has 2 heterocycles. The Balaban J connectivity index is 1.37. The molecule has 0 saturated carbocycles. The maximum atomic E-state index is 12.7. The SMILES string of the molecule is O=C(NCCc1ccn(-c2ccccc2)n1)c1ccccc1Sc1ccc(Br)cn1. The van der Waals surface area contributed by atoms with Crippen LogP contribution in [0.5, 0.6) is 0 Å². The summed E-state index contributed by atoms with van der Waals surface area (Å²) >= 11 is 4.86. The van der Waals surface area contributed by atoms with Gasteiger partial charge in [0.15, 0.2) is 0 Å². The van der Waals surface area contributed by atoms with Crippen molar-refractivity contribution in [2.45, 2.75) is 16.3 Å². The van der Waals surface area contributed by atoms with Crippen molar-refractivity contribution in [3.63, 3.8) is 0 Å². The number of hydrogen-bond donors (Lipinski definition) is 1. The van der Waals surface area contributed by atoms with Crippen LogP contribution in [0.1, 0.15) is 16.1 Å². The lowest BCUT2D eigenvalue weighted by Gasteiger charge is -2.09. The van der Waals surface area contributed by atoms with E-state index in [1.54, 1.807) is 6.20 Å². The van der Waals surface area contributed by atoms with Crippen molar-refractivity contribution in [3.8, 4) is 5.69 Å². The monoisotopic (exact) mass is 478 g/mol. The Morgan fingerprint density at radius 1 is 1.00 bits per heavy atom. The van der Waals surface area contributed by atoms with Gasteiger partial charge in [-0.25, -0.2) is 9.67 Å². The highest BCUT2D eigenvalue weighted by molar-refractivity contribution is 9.10. The molecule has 0 spiro atoms. The van der Waals surface area contributed by atoms with Gasteiger partial charge in [0, 0.05) is 34.7 Å². The van der Waals surface area contributed by atoms with E-state index in [0.717, 1.165) is 25.8 Å².